The van der Waals surface area contributed by atoms with E-state index in [2.05, 4.69) is 17.1 Å². The first-order valence-electron chi connectivity index (χ1n) is 15.3. The number of halogens is 1. The van der Waals surface area contributed by atoms with Gasteiger partial charge < -0.3 is 25.2 Å². The number of rotatable bonds is 12. The van der Waals surface area contributed by atoms with Crippen LogP contribution in [0.1, 0.15) is 80.8 Å². The average molecular weight is 616 g/mol. The van der Waals surface area contributed by atoms with E-state index in [4.69, 9.17) is 4.74 Å². The van der Waals surface area contributed by atoms with E-state index < -0.39 is 23.7 Å². The van der Waals surface area contributed by atoms with Gasteiger partial charge in [-0.2, -0.15) is 0 Å². The molecule has 2 aromatic carbocycles. The number of piperazine rings is 1. The normalized spacial score (nSPS) is 19.2. The first-order chi connectivity index (χ1) is 20.1. The summed E-state index contributed by atoms with van der Waals surface area (Å²) in [6.45, 7) is 10.5. The molecule has 1 spiro atoms. The molecule has 4 rings (SSSR count). The van der Waals surface area contributed by atoms with E-state index in [0.717, 1.165) is 36.8 Å². The molecule has 2 fully saturated rings. The molecule has 0 unspecified atom stereocenters. The van der Waals surface area contributed by atoms with Crippen molar-refractivity contribution in [3.63, 3.8) is 0 Å². The molecule has 9 nitrogen and oxygen atoms in total. The molecule has 0 bridgehead atoms. The van der Waals surface area contributed by atoms with Gasteiger partial charge in [0.1, 0.15) is 23.1 Å². The third kappa shape index (κ3) is 7.51. The number of aliphatic hydroxyl groups is 1. The Labute approximate surface area is 261 Å². The summed E-state index contributed by atoms with van der Waals surface area (Å²) < 4.78 is 5.98. The lowest BCUT2D eigenvalue weighted by atomic mass is 9.79. The van der Waals surface area contributed by atoms with E-state index in [-0.39, 0.29) is 35.7 Å². The lowest BCUT2D eigenvalue weighted by Gasteiger charge is -2.52. The number of carboxylic acid groups (broad SMARTS) is 1. The smallest absolute Gasteiger partial charge is 0.335 e. The Hall–Kier alpha value is -3.14. The Kier molecular flexibility index (Phi) is 12.0. The Morgan fingerprint density at radius 2 is 1.72 bits per heavy atom. The summed E-state index contributed by atoms with van der Waals surface area (Å²) in [6.07, 6.45) is 3.44. The number of carbonyl (C=O) groups is 3. The van der Waals surface area contributed by atoms with Crippen molar-refractivity contribution in [3.8, 4) is 11.5 Å². The molecular formula is C33H46ClN3O6. The zero-order chi connectivity index (χ0) is 30.4. The molecule has 10 heteroatoms. The van der Waals surface area contributed by atoms with E-state index in [9.17, 15) is 24.6 Å². The minimum atomic E-state index is -0.970. The third-order valence-electron chi connectivity index (χ3n) is 9.03. The van der Waals surface area contributed by atoms with Gasteiger partial charge in [0, 0.05) is 26.2 Å². The summed E-state index contributed by atoms with van der Waals surface area (Å²) in [5.41, 5.74) is 1.20. The number of hydrogen-bond donors (Lipinski definition) is 3. The largest absolute Gasteiger partial charge is 0.478 e. The second-order valence-corrected chi connectivity index (χ2v) is 11.7. The van der Waals surface area contributed by atoms with Gasteiger partial charge in [-0.15, -0.1) is 12.4 Å². The van der Waals surface area contributed by atoms with Crippen LogP contribution in [0.15, 0.2) is 42.5 Å². The number of nitrogens with zero attached hydrogens (tertiary/aromatic N) is 2. The molecule has 236 valence electrons. The van der Waals surface area contributed by atoms with Crippen molar-refractivity contribution in [2.75, 3.05) is 19.6 Å². The molecule has 0 saturated carbocycles. The monoisotopic (exact) mass is 615 g/mol. The zero-order valence-electron chi connectivity index (χ0n) is 25.7. The summed E-state index contributed by atoms with van der Waals surface area (Å²) >= 11 is 0. The van der Waals surface area contributed by atoms with E-state index >= 15 is 0 Å². The second-order valence-electron chi connectivity index (χ2n) is 11.7. The van der Waals surface area contributed by atoms with Crippen LogP contribution in [0.5, 0.6) is 11.5 Å². The Morgan fingerprint density at radius 3 is 2.28 bits per heavy atom. The van der Waals surface area contributed by atoms with E-state index in [1.54, 1.807) is 17.0 Å². The molecule has 3 N–H and O–H groups in total. The highest BCUT2D eigenvalue weighted by atomic mass is 35.5. The Balaban J connectivity index is 0.00000506. The first-order valence-corrected chi connectivity index (χ1v) is 15.3. The number of nitrogens with one attached hydrogen (secondary N) is 1. The van der Waals surface area contributed by atoms with Gasteiger partial charge >= 0.3 is 5.97 Å². The number of piperidine rings is 1. The van der Waals surface area contributed by atoms with Gasteiger partial charge in [0.15, 0.2) is 0 Å². The summed E-state index contributed by atoms with van der Waals surface area (Å²) in [6, 6.07) is 11.7. The lowest BCUT2D eigenvalue weighted by Crippen LogP contribution is -2.75. The number of likely N-dealkylation sites (tertiary alicyclic amines) is 1. The molecule has 2 amide bonds. The van der Waals surface area contributed by atoms with Gasteiger partial charge in [-0.25, -0.2) is 4.79 Å². The molecule has 43 heavy (non-hydrogen) atoms. The molecule has 0 aromatic heterocycles. The number of aryl methyl sites for hydroxylation is 1. The number of benzene rings is 2. The molecular weight excluding hydrogens is 570 g/mol. The van der Waals surface area contributed by atoms with Crippen molar-refractivity contribution in [1.29, 1.82) is 0 Å². The highest BCUT2D eigenvalue weighted by Gasteiger charge is 2.55. The van der Waals surface area contributed by atoms with E-state index in [1.165, 1.54) is 6.07 Å². The SMILES string of the molecule is CCCCN1C(=O)[C@@H]([C@H](O)C(CC)CC)NC(=O)C12CCN(Cc1ccc(Oc3ccc(C(=O)O)cc3C)cc1)CC2.Cl. The summed E-state index contributed by atoms with van der Waals surface area (Å²) in [7, 11) is 0. The summed E-state index contributed by atoms with van der Waals surface area (Å²) in [5.74, 6) is -0.0304. The number of carboxylic acids is 1. The predicted molar refractivity (Wildman–Crippen MR) is 168 cm³/mol. The van der Waals surface area contributed by atoms with Crippen molar-refractivity contribution < 1.29 is 29.3 Å². The number of hydrogen-bond acceptors (Lipinski definition) is 6. The zero-order valence-corrected chi connectivity index (χ0v) is 26.5. The number of ether oxygens (including phenoxy) is 1. The standard InChI is InChI=1S/C33H45N3O6.ClH/c1-5-8-17-36-30(38)28(29(37)24(6-2)7-3)34-32(41)33(36)15-18-35(19-16-33)21-23-9-12-26(13-10-23)42-27-14-11-25(31(39)40)20-22(27)4;/h9-14,20,24,28-29,37H,5-8,15-19,21H2,1-4H3,(H,34,41)(H,39,40);1H/t28-,29-;/m1./s1. The van der Waals surface area contributed by atoms with Crippen LogP contribution in [0.25, 0.3) is 0 Å². The topological polar surface area (TPSA) is 119 Å². The molecule has 2 aliphatic heterocycles. The van der Waals surface area contributed by atoms with Crippen LogP contribution in [-0.4, -0.2) is 75.1 Å². The average Bonchev–Trinajstić information content (AvgIpc) is 2.98. The fourth-order valence-corrected chi connectivity index (χ4v) is 6.28. The van der Waals surface area contributed by atoms with Crippen molar-refractivity contribution in [1.82, 2.24) is 15.1 Å². The number of aliphatic hydroxyl groups excluding tert-OH is 1. The lowest BCUT2D eigenvalue weighted by molar-refractivity contribution is -0.165. The van der Waals surface area contributed by atoms with Crippen LogP contribution >= 0.6 is 12.4 Å². The van der Waals surface area contributed by atoms with E-state index in [1.807, 2.05) is 45.0 Å². The molecule has 2 heterocycles. The van der Waals surface area contributed by atoms with Gasteiger partial charge in [-0.3, -0.25) is 14.5 Å². The fourth-order valence-electron chi connectivity index (χ4n) is 6.28. The van der Waals surface area contributed by atoms with Gasteiger partial charge in [0.25, 0.3) is 0 Å². The van der Waals surface area contributed by atoms with Crippen molar-refractivity contribution in [2.24, 2.45) is 5.92 Å². The highest BCUT2D eigenvalue weighted by molar-refractivity contribution is 6.00. The van der Waals surface area contributed by atoms with Gasteiger partial charge in [-0.1, -0.05) is 52.2 Å². The predicted octanol–water partition coefficient (Wildman–Crippen LogP) is 5.17. The second kappa shape index (κ2) is 15.0. The molecule has 2 saturated heterocycles. The van der Waals surface area contributed by atoms with Crippen LogP contribution < -0.4 is 10.1 Å². The Morgan fingerprint density at radius 1 is 1.07 bits per heavy atom. The number of carbonyl (C=O) groups excluding carboxylic acids is 2. The first kappa shape index (κ1) is 34.4. The van der Waals surface area contributed by atoms with Crippen molar-refractivity contribution >= 4 is 30.2 Å². The highest BCUT2D eigenvalue weighted by Crippen LogP contribution is 2.35. The number of amides is 2. The van der Waals surface area contributed by atoms with Gasteiger partial charge in [0.2, 0.25) is 11.8 Å². The van der Waals surface area contributed by atoms with Crippen LogP contribution in [0, 0.1) is 12.8 Å². The minimum absolute atomic E-state index is 0. The van der Waals surface area contributed by atoms with Gasteiger partial charge in [-0.05, 0) is 73.6 Å². The van der Waals surface area contributed by atoms with Crippen LogP contribution in [0.4, 0.5) is 0 Å². The molecule has 0 radical (unpaired) electrons. The Bertz CT molecular complexity index is 1260. The van der Waals surface area contributed by atoms with E-state index in [0.29, 0.717) is 50.5 Å². The fraction of sp³-hybridized carbons (Fsp3) is 0.545. The molecule has 2 aromatic rings. The summed E-state index contributed by atoms with van der Waals surface area (Å²) in [4.78, 5) is 42.7. The van der Waals surface area contributed by atoms with Crippen LogP contribution in [0.3, 0.4) is 0 Å². The minimum Gasteiger partial charge on any atom is -0.478 e. The quantitative estimate of drug-likeness (QED) is 0.301. The molecule has 0 aliphatic carbocycles. The number of unbranched alkanes of at least 4 members (excludes halogenated alkanes) is 1. The third-order valence-corrected chi connectivity index (χ3v) is 9.03. The van der Waals surface area contributed by atoms with Gasteiger partial charge in [0.05, 0.1) is 11.7 Å². The maximum atomic E-state index is 13.7. The molecule has 2 aliphatic rings. The van der Waals surface area contributed by atoms with Crippen molar-refractivity contribution in [2.45, 2.75) is 90.4 Å². The van der Waals surface area contributed by atoms with Crippen LogP contribution in [-0.2, 0) is 16.1 Å². The van der Waals surface area contributed by atoms with Crippen LogP contribution in [0.2, 0.25) is 0 Å². The maximum absolute atomic E-state index is 13.7. The van der Waals surface area contributed by atoms with Crippen molar-refractivity contribution in [3.05, 3.63) is 59.2 Å². The number of aromatic carboxylic acids is 1. The summed E-state index contributed by atoms with van der Waals surface area (Å²) in [5, 5.41) is 23.1. The maximum Gasteiger partial charge on any atom is 0.335 e. The molecule has 2 atom stereocenters.